The number of anilines is 2. The second-order valence-electron chi connectivity index (χ2n) is 7.27. The first kappa shape index (κ1) is 23.0. The number of urea groups is 1. The van der Waals surface area contributed by atoms with Crippen molar-refractivity contribution in [3.05, 3.63) is 77.2 Å². The van der Waals surface area contributed by atoms with Crippen molar-refractivity contribution in [1.82, 2.24) is 25.3 Å². The van der Waals surface area contributed by atoms with E-state index in [0.29, 0.717) is 5.82 Å². The van der Waals surface area contributed by atoms with E-state index in [1.165, 1.54) is 23.2 Å². The molecule has 3 aromatic heterocycles. The summed E-state index contributed by atoms with van der Waals surface area (Å²) < 4.78 is 0.902. The Labute approximate surface area is 205 Å². The van der Waals surface area contributed by atoms with Gasteiger partial charge in [0, 0.05) is 12.1 Å². The van der Waals surface area contributed by atoms with Crippen LogP contribution in [0, 0.1) is 11.8 Å². The van der Waals surface area contributed by atoms with Crippen molar-refractivity contribution >= 4 is 62.5 Å². The lowest BCUT2D eigenvalue weighted by molar-refractivity contribution is 0.250. The monoisotopic (exact) mass is 489 g/mol. The smallest absolute Gasteiger partial charge is 0.312 e. The van der Waals surface area contributed by atoms with Crippen molar-refractivity contribution in [3.8, 4) is 11.8 Å². The third-order valence-electron chi connectivity index (χ3n) is 4.88. The number of nitrogens with zero attached hydrogens (tertiary/aromatic N) is 3. The highest BCUT2D eigenvalue weighted by atomic mass is 35.5. The number of imidazole rings is 1. The highest BCUT2D eigenvalue weighted by molar-refractivity contribution is 7.20. The van der Waals surface area contributed by atoms with Crippen LogP contribution in [0.3, 0.4) is 0 Å². The van der Waals surface area contributed by atoms with Crippen molar-refractivity contribution in [2.24, 2.45) is 5.73 Å². The third kappa shape index (κ3) is 5.26. The Hall–Kier alpha value is -4.13. The average molecular weight is 490 g/mol. The van der Waals surface area contributed by atoms with Crippen molar-refractivity contribution < 1.29 is 4.79 Å². The van der Waals surface area contributed by atoms with Gasteiger partial charge in [0.25, 0.3) is 0 Å². The molecule has 8 nitrogen and oxygen atoms in total. The Kier molecular flexibility index (Phi) is 6.92. The van der Waals surface area contributed by atoms with E-state index in [1.54, 1.807) is 0 Å². The number of nitrogens with two attached hydrogens (primary N) is 1. The minimum absolute atomic E-state index is 0. The predicted molar refractivity (Wildman–Crippen MR) is 138 cm³/mol. The van der Waals surface area contributed by atoms with E-state index in [9.17, 15) is 4.79 Å². The molecule has 0 atom stereocenters. The second-order valence-corrected chi connectivity index (χ2v) is 8.32. The molecule has 5 N–H and O–H groups in total. The summed E-state index contributed by atoms with van der Waals surface area (Å²) in [5, 5.41) is 5.83. The van der Waals surface area contributed by atoms with Gasteiger partial charge in [0.2, 0.25) is 0 Å². The number of rotatable bonds is 5. The summed E-state index contributed by atoms with van der Waals surface area (Å²) in [4.78, 5) is 28.4. The van der Waals surface area contributed by atoms with E-state index in [-0.39, 0.29) is 19.0 Å². The maximum absolute atomic E-state index is 10.7. The first-order valence-electron chi connectivity index (χ1n) is 10.2. The molecule has 0 spiro atoms. The van der Waals surface area contributed by atoms with E-state index in [2.05, 4.69) is 49.6 Å². The molecule has 3 heterocycles. The number of fused-ring (bicyclic) bond motifs is 2. The van der Waals surface area contributed by atoms with Crippen LogP contribution in [0.15, 0.2) is 60.9 Å². The average Bonchev–Trinajstić information content (AvgIpc) is 3.41. The molecule has 5 rings (SSSR count). The van der Waals surface area contributed by atoms with Gasteiger partial charge in [-0.05, 0) is 29.8 Å². The first-order valence-corrected chi connectivity index (χ1v) is 11.0. The first-order chi connectivity index (χ1) is 16.1. The van der Waals surface area contributed by atoms with Crippen LogP contribution in [0.4, 0.5) is 16.3 Å². The third-order valence-corrected chi connectivity index (χ3v) is 5.93. The summed E-state index contributed by atoms with van der Waals surface area (Å²) >= 11 is 1.49. The lowest BCUT2D eigenvalue weighted by Gasteiger charge is -2.05. The summed E-state index contributed by atoms with van der Waals surface area (Å²) in [5.74, 6) is 7.52. The molecule has 0 unspecified atom stereocenters. The van der Waals surface area contributed by atoms with Crippen molar-refractivity contribution in [1.29, 1.82) is 0 Å². The van der Waals surface area contributed by atoms with Crippen LogP contribution in [-0.2, 0) is 6.42 Å². The van der Waals surface area contributed by atoms with E-state index in [1.807, 2.05) is 42.5 Å². The predicted octanol–water partition coefficient (Wildman–Crippen LogP) is 4.34. The van der Waals surface area contributed by atoms with Crippen molar-refractivity contribution in [2.75, 3.05) is 11.9 Å². The summed E-state index contributed by atoms with van der Waals surface area (Å²) in [6, 6.07) is 17.5. The summed E-state index contributed by atoms with van der Waals surface area (Å²) in [7, 11) is 0. The Balaban J connectivity index is 0.00000274. The molecule has 2 aromatic carbocycles. The Morgan fingerprint density at radius 2 is 1.94 bits per heavy atom. The number of aromatic amines is 1. The molecule has 0 aliphatic heterocycles. The molecule has 5 aromatic rings. The Morgan fingerprint density at radius 3 is 2.76 bits per heavy atom. The minimum atomic E-state index is -0.598. The van der Waals surface area contributed by atoms with Crippen LogP contribution in [0.1, 0.15) is 16.3 Å². The largest absolute Gasteiger partial charge is 0.352 e. The molecule has 0 fully saturated rings. The van der Waals surface area contributed by atoms with Crippen LogP contribution < -0.4 is 16.4 Å². The van der Waals surface area contributed by atoms with E-state index < -0.39 is 6.03 Å². The van der Waals surface area contributed by atoms with Gasteiger partial charge in [-0.25, -0.2) is 19.7 Å². The van der Waals surface area contributed by atoms with Crippen LogP contribution >= 0.6 is 23.7 Å². The van der Waals surface area contributed by atoms with Gasteiger partial charge in [-0.2, -0.15) is 0 Å². The van der Waals surface area contributed by atoms with Crippen molar-refractivity contribution in [3.63, 3.8) is 0 Å². The zero-order chi connectivity index (χ0) is 22.6. The number of thiophene rings is 1. The van der Waals surface area contributed by atoms with Gasteiger partial charge >= 0.3 is 6.03 Å². The number of carbonyl (C=O) groups is 1. The number of benzene rings is 2. The number of halogens is 1. The fourth-order valence-corrected chi connectivity index (χ4v) is 4.35. The molecule has 0 saturated carbocycles. The van der Waals surface area contributed by atoms with Gasteiger partial charge in [-0.3, -0.25) is 0 Å². The molecular weight excluding hydrogens is 470 g/mol. The number of hydrogen-bond acceptors (Lipinski definition) is 6. The van der Waals surface area contributed by atoms with Gasteiger partial charge in [0.15, 0.2) is 5.82 Å². The fraction of sp³-hybridized carbons (Fsp3) is 0.0833. The number of aromatic nitrogens is 4. The molecule has 10 heteroatoms. The Morgan fingerprint density at radius 1 is 1.09 bits per heavy atom. The zero-order valence-corrected chi connectivity index (χ0v) is 19.5. The quantitative estimate of drug-likeness (QED) is 0.273. The zero-order valence-electron chi connectivity index (χ0n) is 17.8. The van der Waals surface area contributed by atoms with Gasteiger partial charge in [-0.1, -0.05) is 42.2 Å². The number of amides is 2. The second kappa shape index (κ2) is 10.2. The standard InChI is InChI=1S/C24H19N7OS.ClH/c25-24(32)26-10-4-7-17-13-20-22(33-17)23(28-14-27-20)29-16-8-9-18-19(12-16)31-21(30-18)11-15-5-2-1-3-6-15;/h1-3,5-6,8-9,12-14H,10-11H2,(H,30,31)(H3,25,26,32)(H,27,28,29);1H. The molecular formula is C24H20ClN7OS. The molecule has 0 aliphatic rings. The van der Waals surface area contributed by atoms with E-state index in [4.69, 9.17) is 10.7 Å². The molecule has 0 saturated heterocycles. The van der Waals surface area contributed by atoms with Crippen LogP contribution in [0.2, 0.25) is 0 Å². The molecule has 2 amide bonds. The maximum atomic E-state index is 10.7. The minimum Gasteiger partial charge on any atom is -0.352 e. The number of nitrogens with one attached hydrogen (secondary N) is 3. The molecule has 0 radical (unpaired) electrons. The highest BCUT2D eigenvalue weighted by Gasteiger charge is 2.10. The van der Waals surface area contributed by atoms with Gasteiger partial charge < -0.3 is 21.4 Å². The lowest BCUT2D eigenvalue weighted by atomic mass is 10.1. The molecule has 0 aliphatic carbocycles. The molecule has 34 heavy (non-hydrogen) atoms. The van der Waals surface area contributed by atoms with Gasteiger partial charge in [-0.15, -0.1) is 23.7 Å². The molecule has 170 valence electrons. The van der Waals surface area contributed by atoms with Gasteiger partial charge in [0.05, 0.1) is 32.7 Å². The van der Waals surface area contributed by atoms with Crippen LogP contribution in [0.25, 0.3) is 21.3 Å². The SMILES string of the molecule is Cl.NC(=O)NCC#Cc1cc2ncnc(Nc3ccc4nc(Cc5ccccc5)[nH]c4c3)c2s1. The normalized spacial score (nSPS) is 10.4. The number of hydrogen-bond donors (Lipinski definition) is 4. The Bertz CT molecular complexity index is 1520. The lowest BCUT2D eigenvalue weighted by Crippen LogP contribution is -2.29. The van der Waals surface area contributed by atoms with Crippen LogP contribution in [-0.4, -0.2) is 32.5 Å². The number of primary amides is 1. The summed E-state index contributed by atoms with van der Waals surface area (Å²) in [6.07, 6.45) is 2.27. The topological polar surface area (TPSA) is 122 Å². The maximum Gasteiger partial charge on any atom is 0.312 e. The number of H-pyrrole nitrogens is 1. The summed E-state index contributed by atoms with van der Waals surface area (Å²) in [5.41, 5.74) is 9.82. The van der Waals surface area contributed by atoms with E-state index >= 15 is 0 Å². The van der Waals surface area contributed by atoms with Crippen molar-refractivity contribution in [2.45, 2.75) is 6.42 Å². The fourth-order valence-electron chi connectivity index (χ4n) is 3.42. The summed E-state index contributed by atoms with van der Waals surface area (Å²) in [6.45, 7) is 0.191. The number of carbonyl (C=O) groups excluding carboxylic acids is 1. The molecule has 0 bridgehead atoms. The highest BCUT2D eigenvalue weighted by Crippen LogP contribution is 2.31. The van der Waals surface area contributed by atoms with Gasteiger partial charge in [0.1, 0.15) is 12.2 Å². The van der Waals surface area contributed by atoms with E-state index in [0.717, 1.165) is 44.1 Å². The van der Waals surface area contributed by atoms with Crippen LogP contribution in [0.5, 0.6) is 0 Å².